The fourth-order valence-corrected chi connectivity index (χ4v) is 2.61. The number of piperidine rings is 1. The highest BCUT2D eigenvalue weighted by Gasteiger charge is 2.26. The van der Waals surface area contributed by atoms with E-state index >= 15 is 0 Å². The molecule has 2 N–H and O–H groups in total. The Hall–Kier alpha value is -2.44. The van der Waals surface area contributed by atoms with Crippen molar-refractivity contribution in [2.75, 3.05) is 18.0 Å². The molecule has 7 nitrogen and oxygen atoms in total. The average molecular weight is 291 g/mol. The number of ketones is 1. The fourth-order valence-electron chi connectivity index (χ4n) is 2.61. The van der Waals surface area contributed by atoms with Crippen molar-refractivity contribution in [3.05, 3.63) is 33.9 Å². The standard InChI is InChI=1S/C14H17N3O4/c1-9(18)12-7-11(4-5-13(12)17(20)21)16-6-2-3-10(8-16)14(15)19/h4-5,7,10H,2-3,6,8H2,1H3,(H2,15,19). The second-order valence-corrected chi connectivity index (χ2v) is 5.20. The van der Waals surface area contributed by atoms with Gasteiger partial charge in [-0.15, -0.1) is 0 Å². The van der Waals surface area contributed by atoms with Crippen molar-refractivity contribution in [1.29, 1.82) is 0 Å². The highest BCUT2D eigenvalue weighted by molar-refractivity contribution is 5.99. The van der Waals surface area contributed by atoms with Crippen LogP contribution in [0.3, 0.4) is 0 Å². The van der Waals surface area contributed by atoms with Gasteiger partial charge in [-0.3, -0.25) is 19.7 Å². The minimum Gasteiger partial charge on any atom is -0.371 e. The van der Waals surface area contributed by atoms with E-state index in [0.29, 0.717) is 12.2 Å². The summed E-state index contributed by atoms with van der Waals surface area (Å²) in [5.41, 5.74) is 5.93. The van der Waals surface area contributed by atoms with E-state index < -0.39 is 4.92 Å². The Morgan fingerprint density at radius 3 is 2.71 bits per heavy atom. The largest absolute Gasteiger partial charge is 0.371 e. The lowest BCUT2D eigenvalue weighted by Crippen LogP contribution is -2.41. The molecule has 0 aromatic heterocycles. The highest BCUT2D eigenvalue weighted by Crippen LogP contribution is 2.28. The number of anilines is 1. The van der Waals surface area contributed by atoms with Gasteiger partial charge in [0.15, 0.2) is 5.78 Å². The van der Waals surface area contributed by atoms with Gasteiger partial charge in [-0.1, -0.05) is 0 Å². The van der Waals surface area contributed by atoms with Gasteiger partial charge in [-0.2, -0.15) is 0 Å². The van der Waals surface area contributed by atoms with E-state index in [1.54, 1.807) is 6.07 Å². The monoisotopic (exact) mass is 291 g/mol. The van der Waals surface area contributed by atoms with Crippen molar-refractivity contribution < 1.29 is 14.5 Å². The zero-order chi connectivity index (χ0) is 15.6. The van der Waals surface area contributed by atoms with E-state index in [9.17, 15) is 19.7 Å². The van der Waals surface area contributed by atoms with Gasteiger partial charge < -0.3 is 10.6 Å². The molecule has 1 aromatic rings. The molecule has 0 spiro atoms. The third kappa shape index (κ3) is 3.18. The van der Waals surface area contributed by atoms with Gasteiger partial charge >= 0.3 is 0 Å². The predicted octanol–water partition coefficient (Wildman–Crippen LogP) is 1.50. The number of rotatable bonds is 4. The topological polar surface area (TPSA) is 107 Å². The summed E-state index contributed by atoms with van der Waals surface area (Å²) in [5, 5.41) is 10.9. The van der Waals surface area contributed by atoms with Crippen molar-refractivity contribution >= 4 is 23.1 Å². The first-order valence-corrected chi connectivity index (χ1v) is 6.73. The van der Waals surface area contributed by atoms with Gasteiger partial charge in [0, 0.05) is 24.8 Å². The van der Waals surface area contributed by atoms with Crippen LogP contribution >= 0.6 is 0 Å². The third-order valence-electron chi connectivity index (χ3n) is 3.75. The molecule has 1 atom stereocenters. The second-order valence-electron chi connectivity index (χ2n) is 5.20. The maximum absolute atomic E-state index is 11.6. The van der Waals surface area contributed by atoms with Crippen LogP contribution in [0.15, 0.2) is 18.2 Å². The summed E-state index contributed by atoms with van der Waals surface area (Å²) < 4.78 is 0. The van der Waals surface area contributed by atoms with Crippen LogP contribution in [0.25, 0.3) is 0 Å². The Balaban J connectivity index is 2.32. The molecule has 7 heteroatoms. The van der Waals surface area contributed by atoms with Crippen LogP contribution in [0.5, 0.6) is 0 Å². The van der Waals surface area contributed by atoms with Gasteiger partial charge in [0.25, 0.3) is 5.69 Å². The number of carbonyl (C=O) groups excluding carboxylic acids is 2. The number of nitro groups is 1. The number of nitrogens with two attached hydrogens (primary N) is 1. The number of nitrogens with zero attached hydrogens (tertiary/aromatic N) is 2. The molecule has 1 heterocycles. The van der Waals surface area contributed by atoms with Crippen LogP contribution in [0.1, 0.15) is 30.1 Å². The van der Waals surface area contributed by atoms with Crippen molar-refractivity contribution in [3.8, 4) is 0 Å². The molecule has 0 aliphatic carbocycles. The molecule has 21 heavy (non-hydrogen) atoms. The fraction of sp³-hybridized carbons (Fsp3) is 0.429. The Labute approximate surface area is 121 Å². The van der Waals surface area contributed by atoms with Crippen LogP contribution in [0.2, 0.25) is 0 Å². The molecule has 1 aliphatic heterocycles. The zero-order valence-electron chi connectivity index (χ0n) is 11.7. The Bertz CT molecular complexity index is 600. The van der Waals surface area contributed by atoms with Crippen LogP contribution in [0, 0.1) is 16.0 Å². The first-order chi connectivity index (χ1) is 9.90. The minimum atomic E-state index is -0.567. The van der Waals surface area contributed by atoms with Crippen molar-refractivity contribution in [1.82, 2.24) is 0 Å². The smallest absolute Gasteiger partial charge is 0.280 e. The number of carbonyl (C=O) groups is 2. The van der Waals surface area contributed by atoms with Gasteiger partial charge in [-0.25, -0.2) is 0 Å². The summed E-state index contributed by atoms with van der Waals surface area (Å²) in [5.74, 6) is -0.921. The zero-order valence-corrected chi connectivity index (χ0v) is 11.7. The average Bonchev–Trinajstić information content (AvgIpc) is 2.46. The summed E-state index contributed by atoms with van der Waals surface area (Å²) in [6, 6.07) is 4.46. The summed E-state index contributed by atoms with van der Waals surface area (Å²) in [4.78, 5) is 35.2. The van der Waals surface area contributed by atoms with E-state index in [0.717, 1.165) is 19.4 Å². The summed E-state index contributed by atoms with van der Waals surface area (Å²) in [6.07, 6.45) is 1.57. The van der Waals surface area contributed by atoms with Crippen molar-refractivity contribution in [2.24, 2.45) is 11.7 Å². The van der Waals surface area contributed by atoms with Crippen LogP contribution < -0.4 is 10.6 Å². The first-order valence-electron chi connectivity index (χ1n) is 6.73. The van der Waals surface area contributed by atoms with Gasteiger partial charge in [0.1, 0.15) is 0 Å². The van der Waals surface area contributed by atoms with Gasteiger partial charge in [0.2, 0.25) is 5.91 Å². The number of benzene rings is 1. The van der Waals surface area contributed by atoms with E-state index in [2.05, 4.69) is 0 Å². The van der Waals surface area contributed by atoms with E-state index in [1.165, 1.54) is 19.1 Å². The van der Waals surface area contributed by atoms with Gasteiger partial charge in [0.05, 0.1) is 16.4 Å². The number of nitro benzene ring substituents is 1. The minimum absolute atomic E-state index is 0.0821. The van der Waals surface area contributed by atoms with E-state index in [1.807, 2.05) is 4.90 Å². The van der Waals surface area contributed by atoms with Crippen molar-refractivity contribution in [2.45, 2.75) is 19.8 Å². The normalized spacial score (nSPS) is 18.3. The molecular formula is C14H17N3O4. The SMILES string of the molecule is CC(=O)c1cc(N2CCCC(C(N)=O)C2)ccc1[N+](=O)[O-]. The lowest BCUT2D eigenvalue weighted by Gasteiger charge is -2.33. The molecule has 112 valence electrons. The molecule has 1 fully saturated rings. The predicted molar refractivity (Wildman–Crippen MR) is 77.2 cm³/mol. The van der Waals surface area contributed by atoms with Crippen LogP contribution in [0.4, 0.5) is 11.4 Å². The number of primary amides is 1. The summed E-state index contributed by atoms with van der Waals surface area (Å²) in [7, 11) is 0. The molecule has 1 unspecified atom stereocenters. The summed E-state index contributed by atoms with van der Waals surface area (Å²) in [6.45, 7) is 2.51. The molecule has 1 aliphatic rings. The van der Waals surface area contributed by atoms with E-state index in [4.69, 9.17) is 5.73 Å². The number of amides is 1. The molecular weight excluding hydrogens is 274 g/mol. The van der Waals surface area contributed by atoms with Crippen LogP contribution in [-0.2, 0) is 4.79 Å². The molecule has 1 aromatic carbocycles. The van der Waals surface area contributed by atoms with Gasteiger partial charge in [-0.05, 0) is 31.9 Å². The Kier molecular flexibility index (Phi) is 4.21. The number of hydrogen-bond acceptors (Lipinski definition) is 5. The highest BCUT2D eigenvalue weighted by atomic mass is 16.6. The molecule has 0 bridgehead atoms. The molecule has 0 radical (unpaired) electrons. The van der Waals surface area contributed by atoms with Crippen molar-refractivity contribution in [3.63, 3.8) is 0 Å². The molecule has 1 saturated heterocycles. The maximum atomic E-state index is 11.6. The lowest BCUT2D eigenvalue weighted by molar-refractivity contribution is -0.385. The van der Waals surface area contributed by atoms with E-state index in [-0.39, 0.29) is 28.9 Å². The number of Topliss-reactive ketones (excluding diaryl/α,β-unsaturated/α-hetero) is 1. The molecule has 0 saturated carbocycles. The maximum Gasteiger partial charge on any atom is 0.280 e. The second kappa shape index (κ2) is 5.90. The van der Waals surface area contributed by atoms with Crippen LogP contribution in [-0.4, -0.2) is 29.7 Å². The molecule has 1 amide bonds. The number of hydrogen-bond donors (Lipinski definition) is 1. The third-order valence-corrected chi connectivity index (χ3v) is 3.75. The quantitative estimate of drug-likeness (QED) is 0.514. The Morgan fingerprint density at radius 2 is 2.14 bits per heavy atom. The Morgan fingerprint density at radius 1 is 1.43 bits per heavy atom. The molecule has 2 rings (SSSR count). The lowest BCUT2D eigenvalue weighted by atomic mass is 9.96. The first kappa shape index (κ1) is 15.0. The summed E-state index contributed by atoms with van der Waals surface area (Å²) >= 11 is 0.